The molecular formula is C20H43N. The van der Waals surface area contributed by atoms with E-state index in [-0.39, 0.29) is 0 Å². The highest BCUT2D eigenvalue weighted by Gasteiger charge is 2.04. The topological polar surface area (TPSA) is 3.24 Å². The molecule has 0 atom stereocenters. The Balaban J connectivity index is 3.64. The molecule has 0 aliphatic heterocycles. The van der Waals surface area contributed by atoms with Crippen molar-refractivity contribution in [1.29, 1.82) is 0 Å². The third-order valence-corrected chi connectivity index (χ3v) is 4.48. The summed E-state index contributed by atoms with van der Waals surface area (Å²) < 4.78 is 0. The number of nitrogens with zero attached hydrogens (tertiary/aromatic N) is 1. The molecule has 0 saturated heterocycles. The van der Waals surface area contributed by atoms with Gasteiger partial charge in [-0.15, -0.1) is 0 Å². The van der Waals surface area contributed by atoms with Crippen molar-refractivity contribution < 1.29 is 0 Å². The van der Waals surface area contributed by atoms with Crippen molar-refractivity contribution in [3.63, 3.8) is 0 Å². The van der Waals surface area contributed by atoms with Gasteiger partial charge in [0.15, 0.2) is 0 Å². The van der Waals surface area contributed by atoms with Gasteiger partial charge in [0, 0.05) is 0 Å². The Morgan fingerprint density at radius 2 is 0.667 bits per heavy atom. The molecule has 0 rings (SSSR count). The SMILES string of the molecule is CCCCCCCCN(CCCCC)CCCCCCC. The molecule has 0 aliphatic rings. The first kappa shape index (κ1) is 21.0. The van der Waals surface area contributed by atoms with E-state index in [1.807, 2.05) is 0 Å². The predicted octanol–water partition coefficient (Wildman–Crippen LogP) is 6.81. The quantitative estimate of drug-likeness (QED) is 0.266. The third-order valence-electron chi connectivity index (χ3n) is 4.48. The van der Waals surface area contributed by atoms with Gasteiger partial charge in [-0.25, -0.2) is 0 Å². The highest BCUT2D eigenvalue weighted by atomic mass is 15.1. The first-order valence-electron chi connectivity index (χ1n) is 10.1. The summed E-state index contributed by atoms with van der Waals surface area (Å²) in [7, 11) is 0. The van der Waals surface area contributed by atoms with Gasteiger partial charge in [0.2, 0.25) is 0 Å². The zero-order valence-corrected chi connectivity index (χ0v) is 15.5. The molecule has 0 bridgehead atoms. The molecule has 1 nitrogen and oxygen atoms in total. The highest BCUT2D eigenvalue weighted by Crippen LogP contribution is 2.09. The van der Waals surface area contributed by atoms with E-state index in [0.29, 0.717) is 0 Å². The summed E-state index contributed by atoms with van der Waals surface area (Å²) in [4.78, 5) is 2.75. The molecule has 1 heteroatoms. The van der Waals surface area contributed by atoms with E-state index in [1.165, 1.54) is 110 Å². The Morgan fingerprint density at radius 3 is 1.10 bits per heavy atom. The summed E-state index contributed by atoms with van der Waals surface area (Å²) in [6.45, 7) is 11.0. The third kappa shape index (κ3) is 16.2. The Hall–Kier alpha value is -0.0400. The van der Waals surface area contributed by atoms with Crippen molar-refractivity contribution in [2.45, 2.75) is 111 Å². The van der Waals surface area contributed by atoms with E-state index >= 15 is 0 Å². The van der Waals surface area contributed by atoms with Crippen LogP contribution in [0.4, 0.5) is 0 Å². The molecule has 0 aromatic rings. The zero-order valence-electron chi connectivity index (χ0n) is 15.5. The molecule has 0 saturated carbocycles. The van der Waals surface area contributed by atoms with Gasteiger partial charge in [0.1, 0.15) is 0 Å². The molecule has 0 fully saturated rings. The number of rotatable bonds is 17. The van der Waals surface area contributed by atoms with Crippen LogP contribution in [0.15, 0.2) is 0 Å². The van der Waals surface area contributed by atoms with E-state index in [9.17, 15) is 0 Å². The summed E-state index contributed by atoms with van der Waals surface area (Å²) in [5.74, 6) is 0. The Kier molecular flexibility index (Phi) is 18.0. The van der Waals surface area contributed by atoms with E-state index < -0.39 is 0 Å². The highest BCUT2D eigenvalue weighted by molar-refractivity contribution is 4.59. The molecule has 0 unspecified atom stereocenters. The van der Waals surface area contributed by atoms with Crippen molar-refractivity contribution in [2.75, 3.05) is 19.6 Å². The minimum absolute atomic E-state index is 1.34. The number of unbranched alkanes of at least 4 members (excludes halogenated alkanes) is 11. The molecule has 0 amide bonds. The lowest BCUT2D eigenvalue weighted by Gasteiger charge is -2.22. The van der Waals surface area contributed by atoms with Crippen molar-refractivity contribution in [1.82, 2.24) is 4.90 Å². The Labute approximate surface area is 135 Å². The van der Waals surface area contributed by atoms with E-state index in [1.54, 1.807) is 0 Å². The molecule has 0 radical (unpaired) electrons. The first-order chi connectivity index (χ1) is 10.3. The summed E-state index contributed by atoms with van der Waals surface area (Å²) >= 11 is 0. The lowest BCUT2D eigenvalue weighted by atomic mass is 10.1. The zero-order chi connectivity index (χ0) is 15.6. The van der Waals surface area contributed by atoms with Gasteiger partial charge in [0.25, 0.3) is 0 Å². The fourth-order valence-corrected chi connectivity index (χ4v) is 2.98. The first-order valence-corrected chi connectivity index (χ1v) is 10.1. The summed E-state index contributed by atoms with van der Waals surface area (Å²) in [5.41, 5.74) is 0. The van der Waals surface area contributed by atoms with E-state index in [2.05, 4.69) is 25.7 Å². The largest absolute Gasteiger partial charge is 0.303 e. The standard InChI is InChI=1S/C20H43N/c1-4-7-10-12-14-17-20-21(18-15-9-6-3)19-16-13-11-8-5-2/h4-20H2,1-3H3. The summed E-state index contributed by atoms with van der Waals surface area (Å²) in [6.07, 6.45) is 19.8. The minimum Gasteiger partial charge on any atom is -0.303 e. The van der Waals surface area contributed by atoms with Crippen LogP contribution in [0, 0.1) is 0 Å². The molecule has 0 aromatic carbocycles. The molecule has 21 heavy (non-hydrogen) atoms. The molecule has 0 aliphatic carbocycles. The van der Waals surface area contributed by atoms with Crippen LogP contribution in [0.25, 0.3) is 0 Å². The van der Waals surface area contributed by atoms with Crippen molar-refractivity contribution in [3.8, 4) is 0 Å². The molecule has 0 aromatic heterocycles. The maximum absolute atomic E-state index is 2.75. The second kappa shape index (κ2) is 18.0. The van der Waals surface area contributed by atoms with Crippen LogP contribution in [0.3, 0.4) is 0 Å². The summed E-state index contributed by atoms with van der Waals surface area (Å²) in [5, 5.41) is 0. The van der Waals surface area contributed by atoms with Crippen LogP contribution in [0.5, 0.6) is 0 Å². The maximum Gasteiger partial charge on any atom is -0.00187 e. The summed E-state index contributed by atoms with van der Waals surface area (Å²) in [6, 6.07) is 0. The monoisotopic (exact) mass is 297 g/mol. The number of hydrogen-bond donors (Lipinski definition) is 0. The van der Waals surface area contributed by atoms with Crippen molar-refractivity contribution in [3.05, 3.63) is 0 Å². The average molecular weight is 298 g/mol. The van der Waals surface area contributed by atoms with Crippen LogP contribution in [0.2, 0.25) is 0 Å². The number of hydrogen-bond acceptors (Lipinski definition) is 1. The van der Waals surface area contributed by atoms with E-state index in [4.69, 9.17) is 0 Å². The van der Waals surface area contributed by atoms with Gasteiger partial charge in [-0.1, -0.05) is 91.4 Å². The predicted molar refractivity (Wildman–Crippen MR) is 98.1 cm³/mol. The molecular weight excluding hydrogens is 254 g/mol. The van der Waals surface area contributed by atoms with Crippen molar-refractivity contribution >= 4 is 0 Å². The van der Waals surface area contributed by atoms with Gasteiger partial charge in [-0.2, -0.15) is 0 Å². The smallest absolute Gasteiger partial charge is 0.00187 e. The van der Waals surface area contributed by atoms with Gasteiger partial charge in [0.05, 0.1) is 0 Å². The minimum atomic E-state index is 1.34. The normalized spacial score (nSPS) is 11.4. The van der Waals surface area contributed by atoms with Crippen LogP contribution in [0.1, 0.15) is 111 Å². The van der Waals surface area contributed by atoms with Gasteiger partial charge in [-0.05, 0) is 38.9 Å². The Bertz CT molecular complexity index is 179. The van der Waals surface area contributed by atoms with Crippen LogP contribution in [-0.4, -0.2) is 24.5 Å². The van der Waals surface area contributed by atoms with Crippen molar-refractivity contribution in [2.24, 2.45) is 0 Å². The fourth-order valence-electron chi connectivity index (χ4n) is 2.98. The molecule has 0 spiro atoms. The second-order valence-corrected chi connectivity index (χ2v) is 6.73. The van der Waals surface area contributed by atoms with Crippen LogP contribution in [-0.2, 0) is 0 Å². The van der Waals surface area contributed by atoms with Gasteiger partial charge < -0.3 is 4.90 Å². The lowest BCUT2D eigenvalue weighted by Crippen LogP contribution is -2.27. The molecule has 128 valence electrons. The average Bonchev–Trinajstić information content (AvgIpc) is 2.50. The Morgan fingerprint density at radius 1 is 0.381 bits per heavy atom. The van der Waals surface area contributed by atoms with Gasteiger partial charge >= 0.3 is 0 Å². The molecule has 0 heterocycles. The second-order valence-electron chi connectivity index (χ2n) is 6.73. The van der Waals surface area contributed by atoms with E-state index in [0.717, 1.165) is 0 Å². The molecule has 0 N–H and O–H groups in total. The lowest BCUT2D eigenvalue weighted by molar-refractivity contribution is 0.255. The fraction of sp³-hybridized carbons (Fsp3) is 1.00. The van der Waals surface area contributed by atoms with Crippen LogP contribution >= 0.6 is 0 Å². The van der Waals surface area contributed by atoms with Gasteiger partial charge in [-0.3, -0.25) is 0 Å². The van der Waals surface area contributed by atoms with Crippen LogP contribution < -0.4 is 0 Å². The maximum atomic E-state index is 2.75.